The van der Waals surface area contributed by atoms with Gasteiger partial charge < -0.3 is 20.3 Å². The Bertz CT molecular complexity index is 642. The summed E-state index contributed by atoms with van der Waals surface area (Å²) in [4.78, 5) is 18.3. The molecule has 0 saturated carbocycles. The highest BCUT2D eigenvalue weighted by Crippen LogP contribution is 2.18. The molecule has 26 heavy (non-hydrogen) atoms. The number of hydrogen-bond donors (Lipinski definition) is 2. The number of benzene rings is 1. The maximum absolute atomic E-state index is 12.1. The maximum Gasteiger partial charge on any atom is 0.225 e. The number of hydrogen-bond acceptors (Lipinski definition) is 3. The molecule has 1 aromatic carbocycles. The van der Waals surface area contributed by atoms with Gasteiger partial charge in [0.2, 0.25) is 5.91 Å². The average molecular weight is 358 g/mol. The van der Waals surface area contributed by atoms with E-state index in [9.17, 15) is 4.79 Å². The minimum Gasteiger partial charge on any atom is -0.489 e. The van der Waals surface area contributed by atoms with Crippen LogP contribution in [0.1, 0.15) is 25.8 Å². The van der Waals surface area contributed by atoms with E-state index >= 15 is 0 Å². The Morgan fingerprint density at radius 3 is 2.92 bits per heavy atom. The molecular formula is C20H30N4O2. The summed E-state index contributed by atoms with van der Waals surface area (Å²) in [5.74, 6) is 1.82. The standard InChI is InChI=1S/C20H30N4O2/c1-5-12-26-18-9-7-6-8-16(18)13-22-20(21-4)23-17-10-11-24(14-17)19(25)15(2)3/h5-9,15,17H,1,10-14H2,2-4H3,(H2,21,22,23). The van der Waals surface area contributed by atoms with Crippen LogP contribution in [0.2, 0.25) is 0 Å². The molecule has 1 aliphatic heterocycles. The Kier molecular flexibility index (Phi) is 7.51. The zero-order valence-corrected chi connectivity index (χ0v) is 16.0. The highest BCUT2D eigenvalue weighted by Gasteiger charge is 2.27. The number of carbonyl (C=O) groups excluding carboxylic acids is 1. The van der Waals surface area contributed by atoms with Crippen LogP contribution in [-0.4, -0.2) is 49.6 Å². The molecule has 1 unspecified atom stereocenters. The van der Waals surface area contributed by atoms with E-state index in [1.165, 1.54) is 0 Å². The summed E-state index contributed by atoms with van der Waals surface area (Å²) < 4.78 is 5.69. The van der Waals surface area contributed by atoms with Gasteiger partial charge in [0, 0.05) is 44.2 Å². The van der Waals surface area contributed by atoms with E-state index in [1.807, 2.05) is 43.0 Å². The second-order valence-electron chi connectivity index (χ2n) is 6.70. The molecule has 0 radical (unpaired) electrons. The van der Waals surface area contributed by atoms with Crippen molar-refractivity contribution in [2.24, 2.45) is 10.9 Å². The normalized spacial score (nSPS) is 17.3. The predicted octanol–water partition coefficient (Wildman–Crippen LogP) is 2.17. The molecule has 0 aromatic heterocycles. The molecule has 1 aliphatic rings. The first-order valence-corrected chi connectivity index (χ1v) is 9.12. The van der Waals surface area contributed by atoms with E-state index in [-0.39, 0.29) is 17.9 Å². The van der Waals surface area contributed by atoms with Crippen LogP contribution >= 0.6 is 0 Å². The zero-order chi connectivity index (χ0) is 18.9. The number of likely N-dealkylation sites (tertiary alicyclic amines) is 1. The van der Waals surface area contributed by atoms with Gasteiger partial charge >= 0.3 is 0 Å². The minimum atomic E-state index is 0.0401. The van der Waals surface area contributed by atoms with E-state index < -0.39 is 0 Å². The first-order valence-electron chi connectivity index (χ1n) is 9.12. The number of nitrogens with zero attached hydrogens (tertiary/aromatic N) is 2. The fourth-order valence-corrected chi connectivity index (χ4v) is 2.95. The lowest BCUT2D eigenvalue weighted by Crippen LogP contribution is -2.45. The molecule has 2 rings (SSSR count). The Hall–Kier alpha value is -2.50. The van der Waals surface area contributed by atoms with Crippen LogP contribution in [-0.2, 0) is 11.3 Å². The number of para-hydroxylation sites is 1. The smallest absolute Gasteiger partial charge is 0.225 e. The van der Waals surface area contributed by atoms with Crippen molar-refractivity contribution in [3.8, 4) is 5.75 Å². The second kappa shape index (κ2) is 9.85. The third kappa shape index (κ3) is 5.51. The topological polar surface area (TPSA) is 66.0 Å². The largest absolute Gasteiger partial charge is 0.489 e. The molecule has 6 nitrogen and oxygen atoms in total. The number of nitrogens with one attached hydrogen (secondary N) is 2. The minimum absolute atomic E-state index is 0.0401. The Morgan fingerprint density at radius 2 is 2.23 bits per heavy atom. The van der Waals surface area contributed by atoms with Crippen LogP contribution in [0.15, 0.2) is 41.9 Å². The number of rotatable bonds is 7. The summed E-state index contributed by atoms with van der Waals surface area (Å²) in [6.07, 6.45) is 2.66. The van der Waals surface area contributed by atoms with E-state index in [0.717, 1.165) is 36.8 Å². The number of ether oxygens (including phenoxy) is 1. The summed E-state index contributed by atoms with van der Waals surface area (Å²) in [5, 5.41) is 6.74. The van der Waals surface area contributed by atoms with Crippen LogP contribution in [0.3, 0.4) is 0 Å². The maximum atomic E-state index is 12.1. The van der Waals surface area contributed by atoms with Crippen molar-refractivity contribution >= 4 is 11.9 Å². The SMILES string of the molecule is C=CCOc1ccccc1CNC(=NC)NC1CCN(C(=O)C(C)C)C1. The highest BCUT2D eigenvalue weighted by molar-refractivity contribution is 5.81. The Balaban J connectivity index is 1.87. The van der Waals surface area contributed by atoms with E-state index in [4.69, 9.17) is 4.74 Å². The van der Waals surface area contributed by atoms with Crippen molar-refractivity contribution in [2.75, 3.05) is 26.7 Å². The molecule has 6 heteroatoms. The lowest BCUT2D eigenvalue weighted by atomic mass is 10.2. The Morgan fingerprint density at radius 1 is 1.46 bits per heavy atom. The van der Waals surface area contributed by atoms with Gasteiger partial charge in [0.15, 0.2) is 5.96 Å². The van der Waals surface area contributed by atoms with Gasteiger partial charge in [0.05, 0.1) is 0 Å². The van der Waals surface area contributed by atoms with E-state index in [2.05, 4.69) is 22.2 Å². The number of carbonyl (C=O) groups is 1. The number of aliphatic imine (C=N–C) groups is 1. The van der Waals surface area contributed by atoms with Crippen molar-refractivity contribution in [1.29, 1.82) is 0 Å². The molecule has 0 spiro atoms. The highest BCUT2D eigenvalue weighted by atomic mass is 16.5. The van der Waals surface area contributed by atoms with Crippen LogP contribution in [0.25, 0.3) is 0 Å². The zero-order valence-electron chi connectivity index (χ0n) is 16.0. The average Bonchev–Trinajstić information content (AvgIpc) is 3.11. The van der Waals surface area contributed by atoms with Gasteiger partial charge in [-0.1, -0.05) is 44.7 Å². The molecule has 1 fully saturated rings. The third-order valence-corrected chi connectivity index (χ3v) is 4.33. The molecule has 2 N–H and O–H groups in total. The fraction of sp³-hybridized carbons (Fsp3) is 0.500. The quantitative estimate of drug-likeness (QED) is 0.445. The first-order chi connectivity index (χ1) is 12.5. The van der Waals surface area contributed by atoms with Crippen molar-refractivity contribution < 1.29 is 9.53 Å². The molecule has 0 bridgehead atoms. The molecule has 1 saturated heterocycles. The van der Waals surface area contributed by atoms with Gasteiger partial charge in [-0.25, -0.2) is 0 Å². The van der Waals surface area contributed by atoms with Gasteiger partial charge in [-0.3, -0.25) is 9.79 Å². The molecule has 1 aromatic rings. The Labute approximate surface area is 156 Å². The summed E-state index contributed by atoms with van der Waals surface area (Å²) in [5.41, 5.74) is 1.06. The lowest BCUT2D eigenvalue weighted by Gasteiger charge is -2.20. The molecule has 1 heterocycles. The van der Waals surface area contributed by atoms with Crippen molar-refractivity contribution in [3.63, 3.8) is 0 Å². The van der Waals surface area contributed by atoms with Gasteiger partial charge in [-0.2, -0.15) is 0 Å². The van der Waals surface area contributed by atoms with Crippen LogP contribution in [0.4, 0.5) is 0 Å². The fourth-order valence-electron chi connectivity index (χ4n) is 2.95. The third-order valence-electron chi connectivity index (χ3n) is 4.33. The summed E-state index contributed by atoms with van der Waals surface area (Å²) >= 11 is 0. The second-order valence-corrected chi connectivity index (χ2v) is 6.70. The van der Waals surface area contributed by atoms with E-state index in [1.54, 1.807) is 13.1 Å². The molecular weight excluding hydrogens is 328 g/mol. The predicted molar refractivity (Wildman–Crippen MR) is 105 cm³/mol. The van der Waals surface area contributed by atoms with Gasteiger partial charge in [-0.15, -0.1) is 0 Å². The summed E-state index contributed by atoms with van der Waals surface area (Å²) in [6.45, 7) is 10.2. The van der Waals surface area contributed by atoms with Crippen molar-refractivity contribution in [3.05, 3.63) is 42.5 Å². The van der Waals surface area contributed by atoms with Crippen molar-refractivity contribution in [2.45, 2.75) is 32.9 Å². The molecule has 0 aliphatic carbocycles. The van der Waals surface area contributed by atoms with Crippen LogP contribution in [0, 0.1) is 5.92 Å². The van der Waals surface area contributed by atoms with Crippen LogP contribution < -0.4 is 15.4 Å². The lowest BCUT2D eigenvalue weighted by molar-refractivity contribution is -0.133. The molecule has 1 amide bonds. The van der Waals surface area contributed by atoms with Crippen LogP contribution in [0.5, 0.6) is 5.75 Å². The summed E-state index contributed by atoms with van der Waals surface area (Å²) in [7, 11) is 1.75. The van der Waals surface area contributed by atoms with Crippen molar-refractivity contribution in [1.82, 2.24) is 15.5 Å². The first kappa shape index (κ1) is 19.8. The monoisotopic (exact) mass is 358 g/mol. The van der Waals surface area contributed by atoms with E-state index in [0.29, 0.717) is 13.2 Å². The molecule has 142 valence electrons. The molecule has 1 atom stereocenters. The van der Waals surface area contributed by atoms with Gasteiger partial charge in [-0.05, 0) is 12.5 Å². The van der Waals surface area contributed by atoms with Gasteiger partial charge in [0.25, 0.3) is 0 Å². The van der Waals surface area contributed by atoms with Gasteiger partial charge in [0.1, 0.15) is 12.4 Å². The number of amides is 1. The number of guanidine groups is 1. The summed E-state index contributed by atoms with van der Waals surface area (Å²) in [6, 6.07) is 8.13.